The van der Waals surface area contributed by atoms with E-state index in [9.17, 15) is 4.79 Å². The molecule has 2 nitrogen and oxygen atoms in total. The predicted molar refractivity (Wildman–Crippen MR) is 51.3 cm³/mol. The number of ether oxygens (including phenoxy) is 1. The van der Waals surface area contributed by atoms with E-state index < -0.39 is 0 Å². The summed E-state index contributed by atoms with van der Waals surface area (Å²) in [5.74, 6) is 2.77. The lowest BCUT2D eigenvalue weighted by Gasteiger charge is -2.03. The zero-order valence-electron chi connectivity index (χ0n) is 7.55. The van der Waals surface area contributed by atoms with Gasteiger partial charge in [0.2, 0.25) is 0 Å². The fourth-order valence-electron chi connectivity index (χ4n) is 0.934. The highest BCUT2D eigenvalue weighted by Crippen LogP contribution is 2.33. The molecule has 0 saturated heterocycles. The Kier molecular flexibility index (Phi) is 3.66. The molecular weight excluding hydrogens is 172 g/mol. The molecule has 1 aliphatic carbocycles. The second-order valence-corrected chi connectivity index (χ2v) is 3.91. The summed E-state index contributed by atoms with van der Waals surface area (Å²) in [6, 6.07) is 0. The largest absolute Gasteiger partial charge is 0.500 e. The van der Waals surface area contributed by atoms with Crippen molar-refractivity contribution in [1.82, 2.24) is 0 Å². The van der Waals surface area contributed by atoms with E-state index in [-0.39, 0.29) is 5.78 Å². The maximum atomic E-state index is 10.6. The topological polar surface area (TPSA) is 26.3 Å². The summed E-state index contributed by atoms with van der Waals surface area (Å²) in [5.41, 5.74) is 1.42. The molecule has 0 N–H and O–H groups in total. The van der Waals surface area contributed by atoms with Crippen LogP contribution in [0.2, 0.25) is 0 Å². The van der Waals surface area contributed by atoms with Gasteiger partial charge in [0.05, 0.1) is 18.6 Å². The Morgan fingerprint density at radius 3 is 2.58 bits per heavy atom. The lowest BCUT2D eigenvalue weighted by atomic mass is 10.5. The number of ketones is 1. The fourth-order valence-corrected chi connectivity index (χ4v) is 1.83. The highest BCUT2D eigenvalue weighted by molar-refractivity contribution is 8.00. The standard InChI is InChI=1S/C9H14O2S/c1-7(10)5-12-6-9(11-2)8-3-4-8/h3-6H2,1-2H3. The van der Waals surface area contributed by atoms with Crippen molar-refractivity contribution in [2.45, 2.75) is 19.8 Å². The number of carbonyl (C=O) groups excluding carboxylic acids is 1. The van der Waals surface area contributed by atoms with Crippen LogP contribution in [0.25, 0.3) is 0 Å². The molecule has 0 aliphatic heterocycles. The van der Waals surface area contributed by atoms with E-state index in [0.29, 0.717) is 5.75 Å². The van der Waals surface area contributed by atoms with Crippen LogP contribution >= 0.6 is 11.8 Å². The average molecular weight is 186 g/mol. The van der Waals surface area contributed by atoms with Gasteiger partial charge in [-0.15, -0.1) is 11.8 Å². The number of thioether (sulfide) groups is 1. The highest BCUT2D eigenvalue weighted by Gasteiger charge is 2.18. The Balaban J connectivity index is 2.21. The van der Waals surface area contributed by atoms with E-state index in [4.69, 9.17) is 4.74 Å². The lowest BCUT2D eigenvalue weighted by molar-refractivity contribution is -0.114. The molecule has 1 saturated carbocycles. The number of Topliss-reactive ketones (excluding diaryl/α,β-unsaturated/α-hetero) is 1. The summed E-state index contributed by atoms with van der Waals surface area (Å²) >= 11 is 1.63. The first-order valence-corrected chi connectivity index (χ1v) is 5.21. The van der Waals surface area contributed by atoms with Crippen LogP contribution in [-0.2, 0) is 9.53 Å². The average Bonchev–Trinajstić information content (AvgIpc) is 2.80. The Morgan fingerprint density at radius 2 is 2.17 bits per heavy atom. The van der Waals surface area contributed by atoms with Gasteiger partial charge in [-0.05, 0) is 25.3 Å². The fraction of sp³-hybridized carbons (Fsp3) is 0.667. The van der Waals surface area contributed by atoms with Gasteiger partial charge in [-0.25, -0.2) is 0 Å². The van der Waals surface area contributed by atoms with Crippen molar-refractivity contribution in [1.29, 1.82) is 0 Å². The van der Waals surface area contributed by atoms with E-state index in [1.165, 1.54) is 18.4 Å². The van der Waals surface area contributed by atoms with Crippen molar-refractivity contribution in [3.8, 4) is 0 Å². The third-order valence-electron chi connectivity index (χ3n) is 1.68. The predicted octanol–water partition coefficient (Wildman–Crippen LogP) is 2.00. The monoisotopic (exact) mass is 186 g/mol. The molecule has 68 valence electrons. The number of hydrogen-bond donors (Lipinski definition) is 0. The molecule has 0 spiro atoms. The van der Waals surface area contributed by atoms with Crippen LogP contribution in [0.3, 0.4) is 0 Å². The van der Waals surface area contributed by atoms with Gasteiger partial charge in [-0.2, -0.15) is 0 Å². The maximum Gasteiger partial charge on any atom is 0.139 e. The van der Waals surface area contributed by atoms with Gasteiger partial charge in [-0.3, -0.25) is 4.79 Å². The van der Waals surface area contributed by atoms with Crippen molar-refractivity contribution in [3.63, 3.8) is 0 Å². The van der Waals surface area contributed by atoms with Gasteiger partial charge < -0.3 is 4.74 Å². The minimum absolute atomic E-state index is 0.233. The smallest absolute Gasteiger partial charge is 0.139 e. The minimum Gasteiger partial charge on any atom is -0.500 e. The van der Waals surface area contributed by atoms with Gasteiger partial charge in [0.25, 0.3) is 0 Å². The molecule has 1 fully saturated rings. The molecule has 0 radical (unpaired) electrons. The van der Waals surface area contributed by atoms with E-state index in [0.717, 1.165) is 11.5 Å². The number of methoxy groups -OCH3 is 1. The maximum absolute atomic E-state index is 10.6. The second-order valence-electron chi connectivity index (χ2n) is 2.93. The molecule has 0 atom stereocenters. The van der Waals surface area contributed by atoms with Crippen LogP contribution in [0.4, 0.5) is 0 Å². The molecule has 1 rings (SSSR count). The summed E-state index contributed by atoms with van der Waals surface area (Å²) in [6.45, 7) is 1.61. The Bertz CT molecular complexity index is 203. The third kappa shape index (κ3) is 3.30. The van der Waals surface area contributed by atoms with Gasteiger partial charge in [0.1, 0.15) is 11.5 Å². The Labute approximate surface area is 77.4 Å². The van der Waals surface area contributed by atoms with E-state index in [1.54, 1.807) is 25.8 Å². The molecule has 1 aliphatic rings. The van der Waals surface area contributed by atoms with Crippen molar-refractivity contribution in [2.24, 2.45) is 0 Å². The first-order chi connectivity index (χ1) is 5.74. The van der Waals surface area contributed by atoms with E-state index in [2.05, 4.69) is 0 Å². The van der Waals surface area contributed by atoms with Crippen LogP contribution in [0.15, 0.2) is 11.3 Å². The Morgan fingerprint density at radius 1 is 1.50 bits per heavy atom. The zero-order chi connectivity index (χ0) is 8.97. The number of carbonyl (C=O) groups is 1. The third-order valence-corrected chi connectivity index (χ3v) is 2.76. The first-order valence-electron chi connectivity index (χ1n) is 4.06. The summed E-state index contributed by atoms with van der Waals surface area (Å²) in [6.07, 6.45) is 2.37. The zero-order valence-corrected chi connectivity index (χ0v) is 8.37. The van der Waals surface area contributed by atoms with Crippen molar-refractivity contribution in [3.05, 3.63) is 11.3 Å². The number of rotatable bonds is 5. The molecule has 0 heterocycles. The quantitative estimate of drug-likeness (QED) is 0.614. The molecule has 0 aromatic rings. The molecule has 12 heavy (non-hydrogen) atoms. The summed E-state index contributed by atoms with van der Waals surface area (Å²) in [5, 5.41) is 0. The summed E-state index contributed by atoms with van der Waals surface area (Å²) in [7, 11) is 1.70. The van der Waals surface area contributed by atoms with Gasteiger partial charge >= 0.3 is 0 Å². The van der Waals surface area contributed by atoms with Crippen LogP contribution in [0.1, 0.15) is 19.8 Å². The van der Waals surface area contributed by atoms with Gasteiger partial charge in [0, 0.05) is 0 Å². The van der Waals surface area contributed by atoms with Crippen molar-refractivity contribution < 1.29 is 9.53 Å². The second kappa shape index (κ2) is 4.55. The molecule has 0 unspecified atom stereocenters. The number of allylic oxidation sites excluding steroid dienone is 1. The van der Waals surface area contributed by atoms with Crippen molar-refractivity contribution in [2.75, 3.05) is 18.6 Å². The molecule has 3 heteroatoms. The Hall–Kier alpha value is -0.440. The van der Waals surface area contributed by atoms with Gasteiger partial charge in [0.15, 0.2) is 0 Å². The molecule has 0 aromatic heterocycles. The first kappa shape index (κ1) is 9.65. The van der Waals surface area contributed by atoms with Crippen LogP contribution in [0, 0.1) is 0 Å². The normalized spacial score (nSPS) is 14.3. The lowest BCUT2D eigenvalue weighted by Crippen LogP contribution is -1.97. The van der Waals surface area contributed by atoms with E-state index in [1.807, 2.05) is 0 Å². The summed E-state index contributed by atoms with van der Waals surface area (Å²) in [4.78, 5) is 10.6. The summed E-state index contributed by atoms with van der Waals surface area (Å²) < 4.78 is 5.20. The minimum atomic E-state index is 0.233. The highest BCUT2D eigenvalue weighted by atomic mass is 32.2. The molecule has 0 amide bonds. The van der Waals surface area contributed by atoms with E-state index >= 15 is 0 Å². The van der Waals surface area contributed by atoms with Crippen LogP contribution in [0.5, 0.6) is 0 Å². The van der Waals surface area contributed by atoms with Gasteiger partial charge in [-0.1, -0.05) is 0 Å². The SMILES string of the molecule is COC(CSCC(C)=O)=C1CC1. The molecule has 0 bridgehead atoms. The van der Waals surface area contributed by atoms with Crippen molar-refractivity contribution >= 4 is 17.5 Å². The molecular formula is C9H14O2S. The van der Waals surface area contributed by atoms with Crippen LogP contribution in [-0.4, -0.2) is 24.4 Å². The van der Waals surface area contributed by atoms with Crippen LogP contribution < -0.4 is 0 Å². The number of hydrogen-bond acceptors (Lipinski definition) is 3. The molecule has 0 aromatic carbocycles.